The molecule has 0 saturated carbocycles. The summed E-state index contributed by atoms with van der Waals surface area (Å²) in [6, 6.07) is 8.74. The standard InChI is InChI=1S/C15H21N5/c1-13-4-3-5-14(10-13)20-8-6-19(7-9-20)11-15-16-12-17-18(15)2/h3-5,10,12H,6-9,11H2,1-2H3. The fourth-order valence-electron chi connectivity index (χ4n) is 2.65. The second kappa shape index (κ2) is 5.63. The van der Waals surface area contributed by atoms with E-state index in [0.717, 1.165) is 38.5 Å². The van der Waals surface area contributed by atoms with Crippen LogP contribution in [0.5, 0.6) is 0 Å². The number of anilines is 1. The molecule has 1 aromatic heterocycles. The number of aryl methyl sites for hydroxylation is 2. The molecule has 1 aromatic carbocycles. The van der Waals surface area contributed by atoms with Gasteiger partial charge in [-0.1, -0.05) is 12.1 Å². The average Bonchev–Trinajstić information content (AvgIpc) is 2.85. The molecule has 0 N–H and O–H groups in total. The van der Waals surface area contributed by atoms with Crippen LogP contribution in [0.15, 0.2) is 30.6 Å². The number of aromatic nitrogens is 3. The van der Waals surface area contributed by atoms with Crippen molar-refractivity contribution in [3.8, 4) is 0 Å². The lowest BCUT2D eigenvalue weighted by atomic mass is 10.2. The molecule has 5 heteroatoms. The lowest BCUT2D eigenvalue weighted by molar-refractivity contribution is 0.241. The molecule has 2 heterocycles. The van der Waals surface area contributed by atoms with Crippen molar-refractivity contribution >= 4 is 5.69 Å². The first kappa shape index (κ1) is 13.1. The summed E-state index contributed by atoms with van der Waals surface area (Å²) in [5.74, 6) is 1.04. The van der Waals surface area contributed by atoms with E-state index in [2.05, 4.69) is 51.1 Å². The molecule has 1 aliphatic heterocycles. The van der Waals surface area contributed by atoms with Crippen molar-refractivity contribution < 1.29 is 0 Å². The fourth-order valence-corrected chi connectivity index (χ4v) is 2.65. The Labute approximate surface area is 119 Å². The molecule has 20 heavy (non-hydrogen) atoms. The minimum absolute atomic E-state index is 0.887. The molecule has 1 fully saturated rings. The molecule has 106 valence electrons. The van der Waals surface area contributed by atoms with Gasteiger partial charge in [0.05, 0.1) is 6.54 Å². The van der Waals surface area contributed by atoms with Gasteiger partial charge in [-0.3, -0.25) is 9.58 Å². The van der Waals surface area contributed by atoms with Gasteiger partial charge < -0.3 is 4.90 Å². The summed E-state index contributed by atoms with van der Waals surface area (Å²) in [6.45, 7) is 7.32. The fraction of sp³-hybridized carbons (Fsp3) is 0.467. The van der Waals surface area contributed by atoms with Gasteiger partial charge >= 0.3 is 0 Å². The lowest BCUT2D eigenvalue weighted by Crippen LogP contribution is -2.46. The number of benzene rings is 1. The van der Waals surface area contributed by atoms with Gasteiger partial charge in [0.25, 0.3) is 0 Å². The molecule has 1 aliphatic rings. The number of hydrogen-bond donors (Lipinski definition) is 0. The Morgan fingerprint density at radius 2 is 1.95 bits per heavy atom. The van der Waals surface area contributed by atoms with Crippen LogP contribution in [0, 0.1) is 6.92 Å². The molecule has 5 nitrogen and oxygen atoms in total. The molecule has 0 aliphatic carbocycles. The predicted molar refractivity (Wildman–Crippen MR) is 79.7 cm³/mol. The van der Waals surface area contributed by atoms with Gasteiger partial charge in [0.2, 0.25) is 0 Å². The topological polar surface area (TPSA) is 37.2 Å². The van der Waals surface area contributed by atoms with E-state index in [1.165, 1.54) is 11.3 Å². The van der Waals surface area contributed by atoms with Crippen molar-refractivity contribution in [2.24, 2.45) is 7.05 Å². The highest BCUT2D eigenvalue weighted by Crippen LogP contribution is 2.18. The van der Waals surface area contributed by atoms with Crippen LogP contribution >= 0.6 is 0 Å². The third-order valence-electron chi connectivity index (χ3n) is 3.91. The van der Waals surface area contributed by atoms with Crippen molar-refractivity contribution in [2.75, 3.05) is 31.1 Å². The molecular weight excluding hydrogens is 250 g/mol. The van der Waals surface area contributed by atoms with Crippen LogP contribution in [0.1, 0.15) is 11.4 Å². The van der Waals surface area contributed by atoms with Gasteiger partial charge in [0.1, 0.15) is 12.2 Å². The van der Waals surface area contributed by atoms with Gasteiger partial charge in [-0.15, -0.1) is 0 Å². The summed E-state index contributed by atoms with van der Waals surface area (Å²) in [5, 5.41) is 4.12. The van der Waals surface area contributed by atoms with E-state index < -0.39 is 0 Å². The maximum absolute atomic E-state index is 4.30. The summed E-state index contributed by atoms with van der Waals surface area (Å²) in [6.07, 6.45) is 1.62. The smallest absolute Gasteiger partial charge is 0.140 e. The van der Waals surface area contributed by atoms with Crippen molar-refractivity contribution in [1.82, 2.24) is 19.7 Å². The Morgan fingerprint density at radius 1 is 1.15 bits per heavy atom. The normalized spacial score (nSPS) is 16.6. The van der Waals surface area contributed by atoms with Crippen molar-refractivity contribution in [2.45, 2.75) is 13.5 Å². The molecule has 0 unspecified atom stereocenters. The van der Waals surface area contributed by atoms with E-state index in [1.807, 2.05) is 11.7 Å². The second-order valence-corrected chi connectivity index (χ2v) is 5.40. The molecule has 0 bridgehead atoms. The zero-order chi connectivity index (χ0) is 13.9. The summed E-state index contributed by atoms with van der Waals surface area (Å²) in [7, 11) is 1.95. The maximum atomic E-state index is 4.30. The van der Waals surface area contributed by atoms with Gasteiger partial charge in [-0.2, -0.15) is 5.10 Å². The predicted octanol–water partition coefficient (Wildman–Crippen LogP) is 1.45. The summed E-state index contributed by atoms with van der Waals surface area (Å²) in [4.78, 5) is 9.19. The molecule has 0 amide bonds. The molecule has 2 aromatic rings. The summed E-state index contributed by atoms with van der Waals surface area (Å²) in [5.41, 5.74) is 2.66. The van der Waals surface area contributed by atoms with Crippen LogP contribution in [-0.4, -0.2) is 45.8 Å². The van der Waals surface area contributed by atoms with E-state index in [0.29, 0.717) is 0 Å². The minimum Gasteiger partial charge on any atom is -0.369 e. The molecule has 3 rings (SSSR count). The third-order valence-corrected chi connectivity index (χ3v) is 3.91. The van der Waals surface area contributed by atoms with E-state index in [4.69, 9.17) is 0 Å². The van der Waals surface area contributed by atoms with Crippen LogP contribution in [-0.2, 0) is 13.6 Å². The molecule has 1 saturated heterocycles. The van der Waals surface area contributed by atoms with Gasteiger partial charge in [-0.25, -0.2) is 4.98 Å². The molecular formula is C15H21N5. The first-order valence-electron chi connectivity index (χ1n) is 7.09. The number of nitrogens with zero attached hydrogens (tertiary/aromatic N) is 5. The number of rotatable bonds is 3. The number of piperazine rings is 1. The first-order chi connectivity index (χ1) is 9.72. The Kier molecular flexibility index (Phi) is 3.69. The summed E-state index contributed by atoms with van der Waals surface area (Å²) >= 11 is 0. The molecule has 0 radical (unpaired) electrons. The van der Waals surface area contributed by atoms with Crippen LogP contribution < -0.4 is 4.90 Å². The molecule has 0 atom stereocenters. The van der Waals surface area contributed by atoms with Crippen molar-refractivity contribution in [3.05, 3.63) is 42.0 Å². The van der Waals surface area contributed by atoms with Crippen LogP contribution in [0.25, 0.3) is 0 Å². The van der Waals surface area contributed by atoms with E-state index in [9.17, 15) is 0 Å². The monoisotopic (exact) mass is 271 g/mol. The largest absolute Gasteiger partial charge is 0.369 e. The Morgan fingerprint density at radius 3 is 2.60 bits per heavy atom. The van der Waals surface area contributed by atoms with E-state index >= 15 is 0 Å². The Balaban J connectivity index is 1.58. The zero-order valence-electron chi connectivity index (χ0n) is 12.2. The van der Waals surface area contributed by atoms with Crippen LogP contribution in [0.3, 0.4) is 0 Å². The van der Waals surface area contributed by atoms with Gasteiger partial charge in [0, 0.05) is 38.9 Å². The van der Waals surface area contributed by atoms with Gasteiger partial charge in [0.15, 0.2) is 0 Å². The van der Waals surface area contributed by atoms with Crippen LogP contribution in [0.2, 0.25) is 0 Å². The lowest BCUT2D eigenvalue weighted by Gasteiger charge is -2.35. The second-order valence-electron chi connectivity index (χ2n) is 5.40. The highest BCUT2D eigenvalue weighted by atomic mass is 15.3. The maximum Gasteiger partial charge on any atom is 0.140 e. The van der Waals surface area contributed by atoms with Crippen molar-refractivity contribution in [3.63, 3.8) is 0 Å². The average molecular weight is 271 g/mol. The van der Waals surface area contributed by atoms with Crippen LogP contribution in [0.4, 0.5) is 5.69 Å². The highest BCUT2D eigenvalue weighted by molar-refractivity contribution is 5.48. The summed E-state index contributed by atoms with van der Waals surface area (Å²) < 4.78 is 1.85. The number of hydrogen-bond acceptors (Lipinski definition) is 4. The van der Waals surface area contributed by atoms with E-state index in [-0.39, 0.29) is 0 Å². The zero-order valence-corrected chi connectivity index (χ0v) is 12.2. The Bertz CT molecular complexity index is 569. The first-order valence-corrected chi connectivity index (χ1v) is 7.09. The Hall–Kier alpha value is -1.88. The quantitative estimate of drug-likeness (QED) is 0.846. The van der Waals surface area contributed by atoms with Crippen molar-refractivity contribution in [1.29, 1.82) is 0 Å². The highest BCUT2D eigenvalue weighted by Gasteiger charge is 2.18. The SMILES string of the molecule is Cc1cccc(N2CCN(Cc3ncnn3C)CC2)c1. The van der Waals surface area contributed by atoms with E-state index in [1.54, 1.807) is 6.33 Å². The third kappa shape index (κ3) is 2.82. The van der Waals surface area contributed by atoms with Gasteiger partial charge in [-0.05, 0) is 24.6 Å². The minimum atomic E-state index is 0.887. The molecule has 0 spiro atoms.